The monoisotopic (exact) mass is 339 g/mol. The lowest BCUT2D eigenvalue weighted by atomic mass is 9.83. The normalized spacial score (nSPS) is 20.4. The van der Waals surface area contributed by atoms with Crippen molar-refractivity contribution in [2.24, 2.45) is 5.92 Å². The molecule has 0 unspecified atom stereocenters. The molecule has 2 aromatic rings. The first-order valence-electron chi connectivity index (χ1n) is 8.27. The standard InChI is InChI=1S/C20H21NO4/c1-13-7-9-14(10-8-13)21-18(22)12-11-16(20(23)24)19(21)15-5-3-4-6-17(15)25-2/h3-10,16,19H,11-12H2,1-2H3,(H,23,24)/t16-,19+/m1/s1. The molecule has 0 aromatic heterocycles. The van der Waals surface area contributed by atoms with Crippen molar-refractivity contribution in [1.82, 2.24) is 0 Å². The summed E-state index contributed by atoms with van der Waals surface area (Å²) in [5.41, 5.74) is 2.50. The van der Waals surface area contributed by atoms with Crippen LogP contribution >= 0.6 is 0 Å². The van der Waals surface area contributed by atoms with E-state index in [9.17, 15) is 14.7 Å². The fraction of sp³-hybridized carbons (Fsp3) is 0.300. The number of methoxy groups -OCH3 is 1. The molecule has 5 heteroatoms. The SMILES string of the molecule is COc1ccccc1[C@H]1[C@H](C(=O)O)CCC(=O)N1c1ccc(C)cc1. The summed E-state index contributed by atoms with van der Waals surface area (Å²) < 4.78 is 5.43. The maximum absolute atomic E-state index is 12.7. The summed E-state index contributed by atoms with van der Waals surface area (Å²) in [6.45, 7) is 1.97. The van der Waals surface area contributed by atoms with E-state index in [-0.39, 0.29) is 12.3 Å². The van der Waals surface area contributed by atoms with E-state index in [1.807, 2.05) is 49.4 Å². The first-order chi connectivity index (χ1) is 12.0. The summed E-state index contributed by atoms with van der Waals surface area (Å²) in [4.78, 5) is 26.2. The van der Waals surface area contributed by atoms with Crippen LogP contribution in [0.1, 0.15) is 30.0 Å². The summed E-state index contributed by atoms with van der Waals surface area (Å²) in [6.07, 6.45) is 0.537. The lowest BCUT2D eigenvalue weighted by Crippen LogP contribution is -2.45. The van der Waals surface area contributed by atoms with Crippen LogP contribution in [0.2, 0.25) is 0 Å². The Hall–Kier alpha value is -2.82. The lowest BCUT2D eigenvalue weighted by Gasteiger charge is -2.40. The number of carbonyl (C=O) groups excluding carboxylic acids is 1. The Morgan fingerprint density at radius 2 is 1.84 bits per heavy atom. The summed E-state index contributed by atoms with van der Waals surface area (Å²) in [6, 6.07) is 14.3. The zero-order valence-corrected chi connectivity index (χ0v) is 14.3. The van der Waals surface area contributed by atoms with Gasteiger partial charge in [0.1, 0.15) is 5.75 Å². The maximum Gasteiger partial charge on any atom is 0.308 e. The molecule has 2 atom stereocenters. The summed E-state index contributed by atoms with van der Waals surface area (Å²) >= 11 is 0. The molecule has 0 bridgehead atoms. The Bertz CT molecular complexity index is 785. The molecule has 5 nitrogen and oxygen atoms in total. The third kappa shape index (κ3) is 3.22. The Morgan fingerprint density at radius 3 is 2.48 bits per heavy atom. The van der Waals surface area contributed by atoms with Crippen LogP contribution in [0.3, 0.4) is 0 Å². The number of hydrogen-bond acceptors (Lipinski definition) is 3. The third-order valence-corrected chi connectivity index (χ3v) is 4.68. The predicted molar refractivity (Wildman–Crippen MR) is 94.8 cm³/mol. The van der Waals surface area contributed by atoms with Gasteiger partial charge in [0.05, 0.1) is 19.1 Å². The van der Waals surface area contributed by atoms with Gasteiger partial charge in [0.15, 0.2) is 0 Å². The number of ether oxygens (including phenoxy) is 1. The molecule has 2 aromatic carbocycles. The number of nitrogens with zero attached hydrogens (tertiary/aromatic N) is 1. The van der Waals surface area contributed by atoms with Crippen LogP contribution in [0, 0.1) is 12.8 Å². The zero-order valence-electron chi connectivity index (χ0n) is 14.3. The third-order valence-electron chi connectivity index (χ3n) is 4.68. The number of aryl methyl sites for hydroxylation is 1. The van der Waals surface area contributed by atoms with Crippen LogP contribution in [0.25, 0.3) is 0 Å². The second kappa shape index (κ2) is 6.97. The second-order valence-corrected chi connectivity index (χ2v) is 6.27. The molecule has 0 spiro atoms. The van der Waals surface area contributed by atoms with Crippen LogP contribution in [-0.4, -0.2) is 24.1 Å². The van der Waals surface area contributed by atoms with Crippen molar-refractivity contribution in [2.45, 2.75) is 25.8 Å². The molecule has 1 fully saturated rings. The average Bonchev–Trinajstić information content (AvgIpc) is 2.62. The van der Waals surface area contributed by atoms with Gasteiger partial charge in [-0.25, -0.2) is 0 Å². The van der Waals surface area contributed by atoms with Crippen LogP contribution in [0.4, 0.5) is 5.69 Å². The molecule has 25 heavy (non-hydrogen) atoms. The highest BCUT2D eigenvalue weighted by atomic mass is 16.5. The van der Waals surface area contributed by atoms with Crippen molar-refractivity contribution in [3.63, 3.8) is 0 Å². The fourth-order valence-electron chi connectivity index (χ4n) is 3.43. The number of hydrogen-bond donors (Lipinski definition) is 1. The van der Waals surface area contributed by atoms with Crippen molar-refractivity contribution < 1.29 is 19.4 Å². The van der Waals surface area contributed by atoms with Crippen molar-refractivity contribution in [3.8, 4) is 5.75 Å². The minimum absolute atomic E-state index is 0.0720. The average molecular weight is 339 g/mol. The first kappa shape index (κ1) is 17.0. The van der Waals surface area contributed by atoms with Crippen molar-refractivity contribution >= 4 is 17.6 Å². The van der Waals surface area contributed by atoms with E-state index in [2.05, 4.69) is 0 Å². The minimum Gasteiger partial charge on any atom is -0.496 e. The molecule has 0 aliphatic carbocycles. The number of rotatable bonds is 4. The van der Waals surface area contributed by atoms with Gasteiger partial charge < -0.3 is 14.7 Å². The minimum atomic E-state index is -0.902. The van der Waals surface area contributed by atoms with E-state index in [0.717, 1.165) is 5.56 Å². The van der Waals surface area contributed by atoms with Gasteiger partial charge in [-0.05, 0) is 31.5 Å². The molecule has 1 amide bonds. The highest BCUT2D eigenvalue weighted by Gasteiger charge is 2.42. The number of para-hydroxylation sites is 1. The lowest BCUT2D eigenvalue weighted by molar-refractivity contribution is -0.144. The van der Waals surface area contributed by atoms with E-state index >= 15 is 0 Å². The molecule has 3 rings (SSSR count). The number of carbonyl (C=O) groups is 2. The molecule has 0 radical (unpaired) electrons. The topological polar surface area (TPSA) is 66.8 Å². The Morgan fingerprint density at radius 1 is 1.16 bits per heavy atom. The predicted octanol–water partition coefficient (Wildman–Crippen LogP) is 3.57. The van der Waals surface area contributed by atoms with E-state index in [4.69, 9.17) is 4.74 Å². The highest BCUT2D eigenvalue weighted by Crippen LogP contribution is 2.43. The Kier molecular flexibility index (Phi) is 4.74. The fourth-order valence-corrected chi connectivity index (χ4v) is 3.43. The first-order valence-corrected chi connectivity index (χ1v) is 8.27. The van der Waals surface area contributed by atoms with Crippen LogP contribution in [0.5, 0.6) is 5.75 Å². The largest absolute Gasteiger partial charge is 0.496 e. The summed E-state index contributed by atoms with van der Waals surface area (Å²) in [7, 11) is 1.55. The van der Waals surface area contributed by atoms with E-state index in [0.29, 0.717) is 23.4 Å². The smallest absolute Gasteiger partial charge is 0.308 e. The molecular formula is C20H21NO4. The number of amides is 1. The summed E-state index contributed by atoms with van der Waals surface area (Å²) in [5, 5.41) is 9.75. The van der Waals surface area contributed by atoms with E-state index in [1.54, 1.807) is 18.1 Å². The van der Waals surface area contributed by atoms with Gasteiger partial charge in [0.2, 0.25) is 5.91 Å². The molecule has 1 N–H and O–H groups in total. The van der Waals surface area contributed by atoms with E-state index < -0.39 is 17.9 Å². The quantitative estimate of drug-likeness (QED) is 0.925. The highest BCUT2D eigenvalue weighted by molar-refractivity contribution is 5.97. The van der Waals surface area contributed by atoms with Gasteiger partial charge >= 0.3 is 5.97 Å². The number of aliphatic carboxylic acids is 1. The molecule has 1 aliphatic heterocycles. The number of anilines is 1. The van der Waals surface area contributed by atoms with Gasteiger partial charge in [-0.1, -0.05) is 35.9 Å². The van der Waals surface area contributed by atoms with Crippen LogP contribution in [0.15, 0.2) is 48.5 Å². The van der Waals surface area contributed by atoms with E-state index in [1.165, 1.54) is 0 Å². The van der Waals surface area contributed by atoms with Crippen molar-refractivity contribution in [2.75, 3.05) is 12.0 Å². The van der Waals surface area contributed by atoms with Crippen molar-refractivity contribution in [1.29, 1.82) is 0 Å². The number of benzene rings is 2. The Balaban J connectivity index is 2.15. The van der Waals surface area contributed by atoms with Crippen molar-refractivity contribution in [3.05, 3.63) is 59.7 Å². The molecule has 1 aliphatic rings. The number of piperidine rings is 1. The van der Waals surface area contributed by atoms with Gasteiger partial charge in [-0.3, -0.25) is 9.59 Å². The number of carboxylic acids is 1. The second-order valence-electron chi connectivity index (χ2n) is 6.27. The molecule has 0 saturated carbocycles. The molecule has 1 heterocycles. The zero-order chi connectivity index (χ0) is 18.0. The van der Waals surface area contributed by atoms with Gasteiger partial charge in [0.25, 0.3) is 0 Å². The summed E-state index contributed by atoms with van der Waals surface area (Å²) in [5.74, 6) is -1.07. The maximum atomic E-state index is 12.7. The molecular weight excluding hydrogens is 318 g/mol. The van der Waals surface area contributed by atoms with Gasteiger partial charge in [-0.2, -0.15) is 0 Å². The molecule has 1 saturated heterocycles. The van der Waals surface area contributed by atoms with Gasteiger partial charge in [-0.15, -0.1) is 0 Å². The van der Waals surface area contributed by atoms with Crippen LogP contribution in [-0.2, 0) is 9.59 Å². The van der Waals surface area contributed by atoms with Gasteiger partial charge in [0, 0.05) is 17.7 Å². The number of carboxylic acid groups (broad SMARTS) is 1. The van der Waals surface area contributed by atoms with Crippen LogP contribution < -0.4 is 9.64 Å². The molecule has 130 valence electrons. The Labute approximate surface area is 146 Å².